The molecule has 0 saturated carbocycles. The summed E-state index contributed by atoms with van der Waals surface area (Å²) in [4.78, 5) is 53.2. The van der Waals surface area contributed by atoms with Crippen LogP contribution in [-0.2, 0) is 11.2 Å². The van der Waals surface area contributed by atoms with Crippen LogP contribution in [0.3, 0.4) is 0 Å². The van der Waals surface area contributed by atoms with Crippen molar-refractivity contribution in [3.05, 3.63) is 87.8 Å². The van der Waals surface area contributed by atoms with Gasteiger partial charge in [-0.2, -0.15) is 4.98 Å². The Morgan fingerprint density at radius 3 is 2.62 bits per heavy atom. The number of hydrogen-bond donors (Lipinski definition) is 1. The number of aromatic nitrogens is 3. The lowest BCUT2D eigenvalue weighted by Crippen LogP contribution is -2.38. The van der Waals surface area contributed by atoms with E-state index in [2.05, 4.69) is 22.2 Å². The SMILES string of the molecule is CN1CCCC(Oc2ccc(Nc3ncc4cc(C(=O)C5CCOCC5)c(=O)n(C5CCc6ccccc6C5=O)c4n3)cc2)C1. The number of hydrogen-bond acceptors (Lipinski definition) is 9. The van der Waals surface area contributed by atoms with Gasteiger partial charge >= 0.3 is 0 Å². The molecular weight excluding hydrogens is 570 g/mol. The van der Waals surface area contributed by atoms with Crippen LogP contribution in [0.25, 0.3) is 11.0 Å². The first-order valence-electron chi connectivity index (χ1n) is 15.8. The number of pyridine rings is 1. The molecule has 10 heteroatoms. The molecule has 2 aliphatic heterocycles. The average molecular weight is 608 g/mol. The maximum atomic E-state index is 14.2. The minimum atomic E-state index is -0.782. The third kappa shape index (κ3) is 6.00. The first-order chi connectivity index (χ1) is 21.9. The number of anilines is 2. The minimum absolute atomic E-state index is 0.0742. The first-order valence-corrected chi connectivity index (χ1v) is 15.8. The van der Waals surface area contributed by atoms with Crippen molar-refractivity contribution in [3.63, 3.8) is 0 Å². The van der Waals surface area contributed by atoms with Crippen LogP contribution in [0.2, 0.25) is 0 Å². The third-order valence-corrected chi connectivity index (χ3v) is 9.21. The van der Waals surface area contributed by atoms with Gasteiger partial charge in [-0.25, -0.2) is 4.98 Å². The molecule has 0 amide bonds. The van der Waals surface area contributed by atoms with E-state index in [9.17, 15) is 14.4 Å². The fraction of sp³-hybridized carbons (Fsp3) is 0.400. The number of likely N-dealkylation sites (tertiary alicyclic amines) is 1. The predicted molar refractivity (Wildman–Crippen MR) is 171 cm³/mol. The number of carbonyl (C=O) groups excluding carboxylic acids is 2. The summed E-state index contributed by atoms with van der Waals surface area (Å²) in [5.41, 5.74) is 2.22. The molecule has 7 rings (SSSR count). The number of nitrogens with one attached hydrogen (secondary N) is 1. The highest BCUT2D eigenvalue weighted by atomic mass is 16.5. The van der Waals surface area contributed by atoms with Crippen LogP contribution in [0, 0.1) is 5.92 Å². The van der Waals surface area contributed by atoms with Gasteiger partial charge in [-0.3, -0.25) is 19.0 Å². The normalized spacial score (nSPS) is 21.0. The number of likely N-dealkylation sites (N-methyl/N-ethyl adjacent to an activating group) is 1. The fourth-order valence-corrected chi connectivity index (χ4v) is 6.81. The van der Waals surface area contributed by atoms with E-state index in [1.165, 1.54) is 4.57 Å². The topological polar surface area (TPSA) is 116 Å². The molecular formula is C35H37N5O5. The largest absolute Gasteiger partial charge is 0.489 e. The second-order valence-corrected chi connectivity index (χ2v) is 12.3. The summed E-state index contributed by atoms with van der Waals surface area (Å²) >= 11 is 0. The highest BCUT2D eigenvalue weighted by molar-refractivity contribution is 6.03. The second-order valence-electron chi connectivity index (χ2n) is 12.3. The van der Waals surface area contributed by atoms with Crippen LogP contribution < -0.4 is 15.6 Å². The van der Waals surface area contributed by atoms with Crippen LogP contribution in [0.5, 0.6) is 5.75 Å². The van der Waals surface area contributed by atoms with E-state index in [-0.39, 0.29) is 35.1 Å². The van der Waals surface area contributed by atoms with E-state index in [1.54, 1.807) is 18.3 Å². The van der Waals surface area contributed by atoms with Gasteiger partial charge in [0.25, 0.3) is 5.56 Å². The number of piperidine rings is 1. The van der Waals surface area contributed by atoms with Crippen LogP contribution >= 0.6 is 0 Å². The number of aryl methyl sites for hydroxylation is 1. The molecule has 0 bridgehead atoms. The molecule has 2 fully saturated rings. The van der Waals surface area contributed by atoms with Crippen molar-refractivity contribution in [2.45, 2.75) is 50.7 Å². The van der Waals surface area contributed by atoms with Gasteiger partial charge in [0, 0.05) is 48.5 Å². The molecule has 1 N–H and O–H groups in total. The maximum Gasteiger partial charge on any atom is 0.263 e. The zero-order valence-electron chi connectivity index (χ0n) is 25.4. The number of carbonyl (C=O) groups is 2. The molecule has 4 heterocycles. The monoisotopic (exact) mass is 607 g/mol. The Labute approximate surface area is 261 Å². The Hall–Kier alpha value is -4.41. The Bertz CT molecular complexity index is 1800. The lowest BCUT2D eigenvalue weighted by atomic mass is 9.86. The van der Waals surface area contributed by atoms with Gasteiger partial charge in [-0.15, -0.1) is 0 Å². The van der Waals surface area contributed by atoms with Gasteiger partial charge in [0.15, 0.2) is 11.6 Å². The van der Waals surface area contributed by atoms with Gasteiger partial charge in [0.1, 0.15) is 23.5 Å². The Morgan fingerprint density at radius 2 is 1.82 bits per heavy atom. The van der Waals surface area contributed by atoms with Crippen LogP contribution in [-0.4, -0.2) is 70.5 Å². The van der Waals surface area contributed by atoms with Crippen molar-refractivity contribution in [2.24, 2.45) is 5.92 Å². The molecule has 2 atom stereocenters. The van der Waals surface area contributed by atoms with E-state index in [0.717, 1.165) is 42.9 Å². The summed E-state index contributed by atoms with van der Waals surface area (Å²) in [5.74, 6) is 0.418. The average Bonchev–Trinajstić information content (AvgIpc) is 3.06. The van der Waals surface area contributed by atoms with Crippen LogP contribution in [0.4, 0.5) is 11.6 Å². The van der Waals surface area contributed by atoms with E-state index in [1.807, 2.05) is 42.5 Å². The van der Waals surface area contributed by atoms with Crippen molar-refractivity contribution in [1.29, 1.82) is 0 Å². The number of nitrogens with zero attached hydrogens (tertiary/aromatic N) is 4. The molecule has 4 aromatic rings. The van der Waals surface area contributed by atoms with Gasteiger partial charge in [0.2, 0.25) is 5.95 Å². The smallest absolute Gasteiger partial charge is 0.263 e. The van der Waals surface area contributed by atoms with Crippen LogP contribution in [0.15, 0.2) is 65.6 Å². The van der Waals surface area contributed by atoms with Crippen LogP contribution in [0.1, 0.15) is 64.4 Å². The lowest BCUT2D eigenvalue weighted by Gasteiger charge is -2.30. The molecule has 232 valence electrons. The highest BCUT2D eigenvalue weighted by Crippen LogP contribution is 2.31. The first kappa shape index (κ1) is 29.3. The van der Waals surface area contributed by atoms with Crippen molar-refractivity contribution >= 4 is 34.2 Å². The zero-order valence-corrected chi connectivity index (χ0v) is 25.4. The number of fused-ring (bicyclic) bond motifs is 2. The molecule has 2 aromatic heterocycles. The Balaban J connectivity index is 1.23. The molecule has 3 aliphatic rings. The van der Waals surface area contributed by atoms with Gasteiger partial charge < -0.3 is 19.7 Å². The molecule has 10 nitrogen and oxygen atoms in total. The fourth-order valence-electron chi connectivity index (χ4n) is 6.81. The number of ketones is 2. The van der Waals surface area contributed by atoms with Crippen molar-refractivity contribution in [2.75, 3.05) is 38.7 Å². The van der Waals surface area contributed by atoms with E-state index >= 15 is 0 Å². The van der Waals surface area contributed by atoms with Gasteiger partial charge in [-0.05, 0) is 88.0 Å². The van der Waals surface area contributed by atoms with E-state index in [0.29, 0.717) is 55.5 Å². The van der Waals surface area contributed by atoms with Crippen molar-refractivity contribution in [3.8, 4) is 5.75 Å². The molecule has 2 saturated heterocycles. The number of ether oxygens (including phenoxy) is 2. The molecule has 45 heavy (non-hydrogen) atoms. The number of rotatable bonds is 7. The molecule has 2 unspecified atom stereocenters. The predicted octanol–water partition coefficient (Wildman–Crippen LogP) is 4.99. The summed E-state index contributed by atoms with van der Waals surface area (Å²) in [5, 5.41) is 3.76. The Kier molecular flexibility index (Phi) is 8.16. The van der Waals surface area contributed by atoms with E-state index in [4.69, 9.17) is 14.5 Å². The summed E-state index contributed by atoms with van der Waals surface area (Å²) < 4.78 is 13.1. The summed E-state index contributed by atoms with van der Waals surface area (Å²) in [6, 6.07) is 15.9. The zero-order chi connectivity index (χ0) is 30.9. The highest BCUT2D eigenvalue weighted by Gasteiger charge is 2.33. The molecule has 1 aliphatic carbocycles. The number of benzene rings is 2. The standard InChI is InChI=1S/C35H37N5O5/c1-39-16-4-6-27(21-39)45-26-11-9-25(10-12-26)37-35-36-20-24-19-29(31(41)23-14-17-44-18-15-23)34(43)40(33(24)38-35)30-13-8-22-5-2-3-7-28(22)32(30)42/h2-3,5,7,9-12,19-20,23,27,30H,4,6,8,13-18,21H2,1H3,(H,36,37,38). The molecule has 0 radical (unpaired) electrons. The van der Waals surface area contributed by atoms with Gasteiger partial charge in [0.05, 0.1) is 5.56 Å². The van der Waals surface area contributed by atoms with E-state index < -0.39 is 11.6 Å². The Morgan fingerprint density at radius 1 is 1.02 bits per heavy atom. The number of Topliss-reactive ketones (excluding diaryl/α,β-unsaturated/α-hetero) is 2. The lowest BCUT2D eigenvalue weighted by molar-refractivity contribution is 0.0543. The maximum absolute atomic E-state index is 14.2. The van der Waals surface area contributed by atoms with Crippen molar-refractivity contribution < 1.29 is 19.1 Å². The quantitative estimate of drug-likeness (QED) is 0.290. The summed E-state index contributed by atoms with van der Waals surface area (Å²) in [6.07, 6.45) is 6.13. The van der Waals surface area contributed by atoms with Gasteiger partial charge in [-0.1, -0.05) is 24.3 Å². The second kappa shape index (κ2) is 12.5. The summed E-state index contributed by atoms with van der Waals surface area (Å²) in [6.45, 7) is 2.97. The molecule has 0 spiro atoms. The summed E-state index contributed by atoms with van der Waals surface area (Å²) in [7, 11) is 2.11. The third-order valence-electron chi connectivity index (χ3n) is 9.21. The van der Waals surface area contributed by atoms with Crippen molar-refractivity contribution in [1.82, 2.24) is 19.4 Å². The molecule has 2 aromatic carbocycles. The minimum Gasteiger partial charge on any atom is -0.489 e.